The van der Waals surface area contributed by atoms with Gasteiger partial charge in [0, 0.05) is 0 Å². The molecule has 1 aromatic carbocycles. The summed E-state index contributed by atoms with van der Waals surface area (Å²) in [7, 11) is -6.00. The summed E-state index contributed by atoms with van der Waals surface area (Å²) in [5, 5.41) is 0. The molecule has 0 aromatic heterocycles. The molecule has 0 saturated heterocycles. The van der Waals surface area contributed by atoms with Gasteiger partial charge in [-0.3, -0.25) is 0 Å². The van der Waals surface area contributed by atoms with Gasteiger partial charge in [-0.1, -0.05) is 18.2 Å². The molecule has 1 nitrogen and oxygen atoms in total. The van der Waals surface area contributed by atoms with Gasteiger partial charge in [0.15, 0.2) is 16.1 Å². The zero-order chi connectivity index (χ0) is 13.5. The normalized spacial score (nSPS) is 12.9. The van der Waals surface area contributed by atoms with Crippen molar-refractivity contribution in [3.63, 3.8) is 0 Å². The highest BCUT2D eigenvalue weighted by Gasteiger charge is 2.20. The third kappa shape index (κ3) is 11.6. The molecule has 0 bridgehead atoms. The Hall–Kier alpha value is -0.685. The van der Waals surface area contributed by atoms with Crippen LogP contribution in [0.3, 0.4) is 0 Å². The van der Waals surface area contributed by atoms with Gasteiger partial charge in [0.1, 0.15) is 12.4 Å². The first-order chi connectivity index (χ1) is 7.70. The lowest BCUT2D eigenvalue weighted by Crippen LogP contribution is -2.11. The Labute approximate surface area is 102 Å². The standard InChI is InChI=1S/C10H15OS.BF4/c1-9(2)11-12(3)10-7-5-4-6-8-10;2-1(3,4)5/h4-9H,1-3H3;/q+1;-1. The number of rotatable bonds is 3. The molecule has 0 fully saturated rings. The molecule has 7 heteroatoms. The Morgan fingerprint density at radius 3 is 1.82 bits per heavy atom. The van der Waals surface area contributed by atoms with E-state index in [0.717, 1.165) is 0 Å². The molecule has 98 valence electrons. The van der Waals surface area contributed by atoms with Crippen molar-refractivity contribution in [2.75, 3.05) is 6.26 Å². The Morgan fingerprint density at radius 2 is 1.47 bits per heavy atom. The van der Waals surface area contributed by atoms with Gasteiger partial charge in [-0.25, -0.2) is 0 Å². The van der Waals surface area contributed by atoms with E-state index in [2.05, 4.69) is 32.2 Å². The highest BCUT2D eigenvalue weighted by Crippen LogP contribution is 2.13. The van der Waals surface area contributed by atoms with Crippen LogP contribution in [0.4, 0.5) is 17.3 Å². The smallest absolute Gasteiger partial charge is 0.418 e. The van der Waals surface area contributed by atoms with Gasteiger partial charge in [-0.05, 0) is 26.0 Å². The largest absolute Gasteiger partial charge is 0.673 e. The van der Waals surface area contributed by atoms with Crippen molar-refractivity contribution >= 4 is 18.4 Å². The molecular formula is C10H15BF4OS. The first-order valence-corrected chi connectivity index (χ1v) is 6.51. The summed E-state index contributed by atoms with van der Waals surface area (Å²) in [6.07, 6.45) is 2.41. The minimum Gasteiger partial charge on any atom is -0.418 e. The van der Waals surface area contributed by atoms with E-state index in [0.29, 0.717) is 6.10 Å². The zero-order valence-electron chi connectivity index (χ0n) is 9.87. The second-order valence-corrected chi connectivity index (χ2v) is 4.98. The molecule has 0 radical (unpaired) electrons. The van der Waals surface area contributed by atoms with Crippen molar-refractivity contribution in [1.29, 1.82) is 0 Å². The van der Waals surface area contributed by atoms with E-state index in [9.17, 15) is 17.3 Å². The van der Waals surface area contributed by atoms with Crippen LogP contribution >= 0.6 is 0 Å². The van der Waals surface area contributed by atoms with Crippen LogP contribution in [-0.2, 0) is 15.4 Å². The van der Waals surface area contributed by atoms with Crippen molar-refractivity contribution in [2.24, 2.45) is 0 Å². The number of benzene rings is 1. The first kappa shape index (κ1) is 16.3. The minimum atomic E-state index is -6.00. The maximum Gasteiger partial charge on any atom is 0.673 e. The summed E-state index contributed by atoms with van der Waals surface area (Å²) in [6.45, 7) is 4.12. The second kappa shape index (κ2) is 7.60. The average Bonchev–Trinajstić information content (AvgIpc) is 2.15. The maximum absolute atomic E-state index is 9.75. The van der Waals surface area contributed by atoms with Crippen LogP contribution in [0.15, 0.2) is 35.2 Å². The topological polar surface area (TPSA) is 9.23 Å². The lowest BCUT2D eigenvalue weighted by Gasteiger charge is -2.03. The third-order valence-electron chi connectivity index (χ3n) is 1.41. The molecule has 0 aliphatic heterocycles. The van der Waals surface area contributed by atoms with Crippen LogP contribution in [0, 0.1) is 0 Å². The number of halogens is 4. The van der Waals surface area contributed by atoms with Crippen molar-refractivity contribution in [3.8, 4) is 0 Å². The van der Waals surface area contributed by atoms with Gasteiger partial charge in [-0.2, -0.15) is 4.18 Å². The Balaban J connectivity index is 0.000000437. The summed E-state index contributed by atoms with van der Waals surface area (Å²) in [5.41, 5.74) is 0. The average molecular weight is 270 g/mol. The molecule has 1 aromatic rings. The molecule has 0 aliphatic rings. The molecule has 0 spiro atoms. The molecule has 0 aliphatic carbocycles. The SMILES string of the molecule is CC(C)O[S+](C)c1ccccc1.F[B-](F)(F)F. The Kier molecular flexibility index (Phi) is 7.30. The van der Waals surface area contributed by atoms with Crippen molar-refractivity contribution in [3.05, 3.63) is 30.3 Å². The Bertz CT molecular complexity index is 299. The molecule has 0 saturated carbocycles. The lowest BCUT2D eigenvalue weighted by atomic mass is 10.3. The van der Waals surface area contributed by atoms with E-state index in [1.165, 1.54) is 4.90 Å². The van der Waals surface area contributed by atoms with Gasteiger partial charge in [0.05, 0.1) is 0 Å². The monoisotopic (exact) mass is 270 g/mol. The van der Waals surface area contributed by atoms with E-state index in [-0.39, 0.29) is 11.2 Å². The molecule has 1 rings (SSSR count). The first-order valence-electron chi connectivity index (χ1n) is 4.95. The van der Waals surface area contributed by atoms with Crippen LogP contribution < -0.4 is 0 Å². The summed E-state index contributed by atoms with van der Waals surface area (Å²) in [4.78, 5) is 1.27. The van der Waals surface area contributed by atoms with E-state index in [1.807, 2.05) is 18.2 Å². The van der Waals surface area contributed by atoms with E-state index in [1.54, 1.807) is 0 Å². The van der Waals surface area contributed by atoms with Crippen LogP contribution in [0.2, 0.25) is 0 Å². The van der Waals surface area contributed by atoms with Crippen LogP contribution in [0.5, 0.6) is 0 Å². The fourth-order valence-electron chi connectivity index (χ4n) is 0.956. The van der Waals surface area contributed by atoms with Gasteiger partial charge >= 0.3 is 7.25 Å². The fraction of sp³-hybridized carbons (Fsp3) is 0.400. The summed E-state index contributed by atoms with van der Waals surface area (Å²) in [5.74, 6) is 0. The zero-order valence-corrected chi connectivity index (χ0v) is 10.7. The van der Waals surface area contributed by atoms with Gasteiger partial charge in [-0.15, -0.1) is 0 Å². The van der Waals surface area contributed by atoms with Crippen LogP contribution in [0.25, 0.3) is 0 Å². The van der Waals surface area contributed by atoms with E-state index in [4.69, 9.17) is 4.18 Å². The molecule has 0 heterocycles. The predicted molar refractivity (Wildman–Crippen MR) is 64.4 cm³/mol. The summed E-state index contributed by atoms with van der Waals surface area (Å²) >= 11 is -0.0635. The summed E-state index contributed by atoms with van der Waals surface area (Å²) in [6, 6.07) is 10.3. The lowest BCUT2D eigenvalue weighted by molar-refractivity contribution is 0.280. The van der Waals surface area contributed by atoms with Gasteiger partial charge in [0.2, 0.25) is 0 Å². The maximum atomic E-state index is 9.75. The van der Waals surface area contributed by atoms with Crippen LogP contribution in [0.1, 0.15) is 13.8 Å². The molecule has 0 amide bonds. The molecular weight excluding hydrogens is 255 g/mol. The predicted octanol–water partition coefficient (Wildman–Crippen LogP) is 3.93. The number of hydrogen-bond acceptors (Lipinski definition) is 1. The van der Waals surface area contributed by atoms with Gasteiger partial charge in [0.25, 0.3) is 0 Å². The molecule has 0 N–H and O–H groups in total. The van der Waals surface area contributed by atoms with E-state index < -0.39 is 7.25 Å². The van der Waals surface area contributed by atoms with Crippen LogP contribution in [-0.4, -0.2) is 19.6 Å². The van der Waals surface area contributed by atoms with Crippen molar-refractivity contribution < 1.29 is 21.4 Å². The number of hydrogen-bond donors (Lipinski definition) is 0. The fourth-order valence-corrected chi connectivity index (χ4v) is 2.19. The quantitative estimate of drug-likeness (QED) is 0.459. The Morgan fingerprint density at radius 1 is 1.06 bits per heavy atom. The van der Waals surface area contributed by atoms with Gasteiger partial charge < -0.3 is 17.3 Å². The van der Waals surface area contributed by atoms with Crippen molar-refractivity contribution in [2.45, 2.75) is 24.8 Å². The highest BCUT2D eigenvalue weighted by atomic mass is 32.2. The highest BCUT2D eigenvalue weighted by molar-refractivity contribution is 7.91. The van der Waals surface area contributed by atoms with Crippen molar-refractivity contribution in [1.82, 2.24) is 0 Å². The van der Waals surface area contributed by atoms with E-state index >= 15 is 0 Å². The third-order valence-corrected chi connectivity index (χ3v) is 3.02. The molecule has 1 unspecified atom stereocenters. The second-order valence-electron chi connectivity index (χ2n) is 3.41. The summed E-state index contributed by atoms with van der Waals surface area (Å²) < 4.78 is 44.7. The minimum absolute atomic E-state index is 0.0635. The molecule has 17 heavy (non-hydrogen) atoms. The molecule has 1 atom stereocenters.